The van der Waals surface area contributed by atoms with E-state index in [-0.39, 0.29) is 5.56 Å². The van der Waals surface area contributed by atoms with Gasteiger partial charge in [-0.1, -0.05) is 18.2 Å². The predicted octanol–water partition coefficient (Wildman–Crippen LogP) is 3.75. The van der Waals surface area contributed by atoms with Gasteiger partial charge in [0.15, 0.2) is 0 Å². The molecule has 0 unspecified atom stereocenters. The summed E-state index contributed by atoms with van der Waals surface area (Å²) in [6, 6.07) is 7.75. The third kappa shape index (κ3) is 1.23. The van der Waals surface area contributed by atoms with Crippen LogP contribution in [-0.4, -0.2) is 4.98 Å². The Hall–Kier alpha value is -1.84. The molecular formula is C12H6F3N. The van der Waals surface area contributed by atoms with Gasteiger partial charge in [0.05, 0.1) is 11.3 Å². The number of benzene rings is 1. The summed E-state index contributed by atoms with van der Waals surface area (Å²) >= 11 is 0. The standard InChI is InChI=1S/C12H6F3N/c13-12(14,15)10-5-7-1-3-9(10)11-4-2-8(7)6-16-11/h1-6H. The number of hydrogen-bond acceptors (Lipinski definition) is 1. The average molecular weight is 221 g/mol. The summed E-state index contributed by atoms with van der Waals surface area (Å²) in [5, 5.41) is 0. The molecule has 0 fully saturated rings. The van der Waals surface area contributed by atoms with Crippen molar-refractivity contribution in [3.63, 3.8) is 0 Å². The first-order chi connectivity index (χ1) is 7.55. The van der Waals surface area contributed by atoms with Crippen molar-refractivity contribution in [2.24, 2.45) is 0 Å². The quantitative estimate of drug-likeness (QED) is 0.563. The molecule has 2 aliphatic heterocycles. The Kier molecular flexibility index (Phi) is 1.67. The first-order valence-electron chi connectivity index (χ1n) is 4.74. The minimum Gasteiger partial charge on any atom is -0.256 e. The molecule has 4 heteroatoms. The highest BCUT2D eigenvalue weighted by Crippen LogP contribution is 2.40. The lowest BCUT2D eigenvalue weighted by atomic mass is 9.94. The summed E-state index contributed by atoms with van der Waals surface area (Å²) in [6.07, 6.45) is -2.74. The molecule has 0 saturated heterocycles. The van der Waals surface area contributed by atoms with Gasteiger partial charge >= 0.3 is 6.18 Å². The zero-order valence-corrected chi connectivity index (χ0v) is 8.05. The second-order valence-corrected chi connectivity index (χ2v) is 3.69. The Bertz CT molecular complexity index is 555. The highest BCUT2D eigenvalue weighted by Gasteiger charge is 2.35. The minimum atomic E-state index is -4.33. The van der Waals surface area contributed by atoms with Crippen LogP contribution in [0.4, 0.5) is 13.2 Å². The summed E-state index contributed by atoms with van der Waals surface area (Å²) < 4.78 is 38.4. The van der Waals surface area contributed by atoms with Gasteiger partial charge < -0.3 is 0 Å². The van der Waals surface area contributed by atoms with Crippen molar-refractivity contribution in [2.75, 3.05) is 0 Å². The molecule has 6 rings (SSSR count). The zero-order chi connectivity index (χ0) is 11.3. The molecule has 2 aromatic rings. The van der Waals surface area contributed by atoms with Crippen molar-refractivity contribution in [1.82, 2.24) is 4.98 Å². The molecule has 2 aliphatic carbocycles. The number of halogens is 3. The average Bonchev–Trinajstić information content (AvgIpc) is 2.22. The number of pyridine rings is 1. The van der Waals surface area contributed by atoms with Gasteiger partial charge in [-0.15, -0.1) is 0 Å². The first kappa shape index (κ1) is 9.39. The topological polar surface area (TPSA) is 12.9 Å². The fraction of sp³-hybridized carbons (Fsp3) is 0.0833. The lowest BCUT2D eigenvalue weighted by Gasteiger charge is -2.17. The molecule has 80 valence electrons. The Morgan fingerprint density at radius 3 is 2.31 bits per heavy atom. The molecule has 4 aliphatic rings. The van der Waals surface area contributed by atoms with Crippen molar-refractivity contribution in [3.8, 4) is 22.4 Å². The second kappa shape index (κ2) is 2.84. The molecule has 0 radical (unpaired) electrons. The van der Waals surface area contributed by atoms with Crippen LogP contribution in [0.25, 0.3) is 22.4 Å². The molecular weight excluding hydrogens is 215 g/mol. The summed E-state index contributed by atoms with van der Waals surface area (Å²) in [5.74, 6) is 0. The molecule has 16 heavy (non-hydrogen) atoms. The van der Waals surface area contributed by atoms with Crippen molar-refractivity contribution in [1.29, 1.82) is 0 Å². The van der Waals surface area contributed by atoms with Crippen LogP contribution < -0.4 is 0 Å². The van der Waals surface area contributed by atoms with Crippen molar-refractivity contribution < 1.29 is 13.2 Å². The molecule has 1 aromatic heterocycles. The minimum absolute atomic E-state index is 0.141. The Labute approximate surface area is 89.6 Å². The van der Waals surface area contributed by atoms with Crippen LogP contribution in [0, 0.1) is 0 Å². The van der Waals surface area contributed by atoms with Gasteiger partial charge in [-0.3, -0.25) is 4.98 Å². The number of aromatic nitrogens is 1. The summed E-state index contributed by atoms with van der Waals surface area (Å²) in [7, 11) is 0. The highest BCUT2D eigenvalue weighted by molar-refractivity contribution is 5.76. The summed E-state index contributed by atoms with van der Waals surface area (Å²) in [5.41, 5.74) is 1.15. The van der Waals surface area contributed by atoms with Crippen LogP contribution in [0.2, 0.25) is 0 Å². The van der Waals surface area contributed by atoms with Crippen LogP contribution in [0.5, 0.6) is 0 Å². The molecule has 0 atom stereocenters. The van der Waals surface area contributed by atoms with Gasteiger partial charge in [0.25, 0.3) is 0 Å². The van der Waals surface area contributed by atoms with E-state index in [1.165, 1.54) is 12.1 Å². The van der Waals surface area contributed by atoms with Gasteiger partial charge in [-0.25, -0.2) is 0 Å². The van der Waals surface area contributed by atoms with Gasteiger partial charge in [0.1, 0.15) is 0 Å². The number of nitrogens with zero attached hydrogens (tertiary/aromatic N) is 1. The first-order valence-corrected chi connectivity index (χ1v) is 4.74. The maximum Gasteiger partial charge on any atom is 0.417 e. The molecule has 0 saturated carbocycles. The van der Waals surface area contributed by atoms with Crippen LogP contribution in [0.3, 0.4) is 0 Å². The zero-order valence-electron chi connectivity index (χ0n) is 8.05. The van der Waals surface area contributed by atoms with Crippen LogP contribution in [-0.2, 0) is 6.18 Å². The van der Waals surface area contributed by atoms with E-state index in [0.29, 0.717) is 16.8 Å². The smallest absolute Gasteiger partial charge is 0.256 e. The maximum absolute atomic E-state index is 12.8. The molecule has 0 spiro atoms. The van der Waals surface area contributed by atoms with Crippen molar-refractivity contribution in [3.05, 3.63) is 42.1 Å². The van der Waals surface area contributed by atoms with E-state index in [4.69, 9.17) is 0 Å². The fourth-order valence-corrected chi connectivity index (χ4v) is 1.91. The third-order valence-corrected chi connectivity index (χ3v) is 2.70. The monoisotopic (exact) mass is 221 g/mol. The number of rotatable bonds is 0. The molecule has 0 N–H and O–H groups in total. The molecule has 4 bridgehead atoms. The Morgan fingerprint density at radius 2 is 1.69 bits per heavy atom. The highest BCUT2D eigenvalue weighted by atomic mass is 19.4. The van der Waals surface area contributed by atoms with Gasteiger partial charge in [0, 0.05) is 17.3 Å². The molecule has 0 amide bonds. The SMILES string of the molecule is FC(F)(F)c1cc2ccc1-c1ccc-2cn1. The summed E-state index contributed by atoms with van der Waals surface area (Å²) in [4.78, 5) is 4.02. The van der Waals surface area contributed by atoms with Gasteiger partial charge in [-0.2, -0.15) is 13.2 Å². The van der Waals surface area contributed by atoms with E-state index in [1.807, 2.05) is 0 Å². The van der Waals surface area contributed by atoms with Crippen LogP contribution in [0.1, 0.15) is 5.56 Å². The van der Waals surface area contributed by atoms with Crippen molar-refractivity contribution >= 4 is 0 Å². The second-order valence-electron chi connectivity index (χ2n) is 3.69. The van der Waals surface area contributed by atoms with Gasteiger partial charge in [-0.05, 0) is 17.7 Å². The lowest BCUT2D eigenvalue weighted by molar-refractivity contribution is -0.137. The van der Waals surface area contributed by atoms with E-state index in [9.17, 15) is 13.2 Å². The number of alkyl halides is 3. The van der Waals surface area contributed by atoms with E-state index in [1.54, 1.807) is 24.4 Å². The lowest BCUT2D eigenvalue weighted by Crippen LogP contribution is -2.09. The van der Waals surface area contributed by atoms with E-state index >= 15 is 0 Å². The Balaban J connectivity index is 2.38. The van der Waals surface area contributed by atoms with E-state index in [2.05, 4.69) is 4.98 Å². The normalized spacial score (nSPS) is 12.7. The fourth-order valence-electron chi connectivity index (χ4n) is 1.91. The number of hydrogen-bond donors (Lipinski definition) is 0. The largest absolute Gasteiger partial charge is 0.417 e. The molecule has 1 nitrogen and oxygen atoms in total. The molecule has 3 heterocycles. The predicted molar refractivity (Wildman–Crippen MR) is 53.7 cm³/mol. The third-order valence-electron chi connectivity index (χ3n) is 2.70. The van der Waals surface area contributed by atoms with Gasteiger partial charge in [0.2, 0.25) is 0 Å². The van der Waals surface area contributed by atoms with E-state index in [0.717, 1.165) is 0 Å². The van der Waals surface area contributed by atoms with Crippen LogP contribution in [0.15, 0.2) is 36.5 Å². The molecule has 1 aromatic carbocycles. The van der Waals surface area contributed by atoms with Crippen molar-refractivity contribution in [2.45, 2.75) is 6.18 Å². The van der Waals surface area contributed by atoms with Crippen LogP contribution >= 0.6 is 0 Å². The Morgan fingerprint density at radius 1 is 0.938 bits per heavy atom. The maximum atomic E-state index is 12.8. The van der Waals surface area contributed by atoms with E-state index < -0.39 is 11.7 Å². The summed E-state index contributed by atoms with van der Waals surface area (Å²) in [6.45, 7) is 0.